The first kappa shape index (κ1) is 16.2. The van der Waals surface area contributed by atoms with Crippen LogP contribution in [0.25, 0.3) is 17.1 Å². The van der Waals surface area contributed by atoms with Crippen molar-refractivity contribution in [2.75, 3.05) is 0 Å². The fourth-order valence-corrected chi connectivity index (χ4v) is 4.00. The van der Waals surface area contributed by atoms with Crippen molar-refractivity contribution in [3.05, 3.63) is 43.1 Å². The quantitative estimate of drug-likeness (QED) is 0.731. The Morgan fingerprint density at radius 1 is 1.15 bits per heavy atom. The fraction of sp³-hybridized carbons (Fsp3) is 0.368. The number of rotatable bonds is 4. The van der Waals surface area contributed by atoms with Gasteiger partial charge in [-0.2, -0.15) is 0 Å². The normalized spacial score (nSPS) is 24.1. The van der Waals surface area contributed by atoms with Crippen LogP contribution >= 0.6 is 0 Å². The van der Waals surface area contributed by atoms with E-state index < -0.39 is 0 Å². The molecule has 27 heavy (non-hydrogen) atoms. The third-order valence-electron chi connectivity index (χ3n) is 5.28. The van der Waals surface area contributed by atoms with Crippen LogP contribution in [0.1, 0.15) is 25.7 Å². The van der Waals surface area contributed by atoms with Gasteiger partial charge >= 0.3 is 0 Å². The summed E-state index contributed by atoms with van der Waals surface area (Å²) in [5.41, 5.74) is 1.33. The lowest BCUT2D eigenvalue weighted by atomic mass is 10.0. The summed E-state index contributed by atoms with van der Waals surface area (Å²) in [6.45, 7) is 0. The van der Waals surface area contributed by atoms with E-state index in [1.165, 1.54) is 12.8 Å². The molecule has 0 spiro atoms. The number of hydrogen-bond acceptors (Lipinski definition) is 7. The molecule has 2 saturated heterocycles. The first-order valence-electron chi connectivity index (χ1n) is 9.19. The molecule has 2 fully saturated rings. The van der Waals surface area contributed by atoms with E-state index in [9.17, 15) is 5.11 Å². The van der Waals surface area contributed by atoms with Crippen LogP contribution in [-0.2, 0) is 0 Å². The van der Waals surface area contributed by atoms with Gasteiger partial charge in [-0.25, -0.2) is 9.97 Å². The molecule has 0 amide bonds. The summed E-state index contributed by atoms with van der Waals surface area (Å²) >= 11 is 0. The third-order valence-corrected chi connectivity index (χ3v) is 5.28. The summed E-state index contributed by atoms with van der Waals surface area (Å²) in [5, 5.41) is 22.2. The first-order chi connectivity index (χ1) is 13.2. The average Bonchev–Trinajstić information content (AvgIpc) is 3.32. The predicted octanol–water partition coefficient (Wildman–Crippen LogP) is 2.09. The van der Waals surface area contributed by atoms with Gasteiger partial charge in [-0.15, -0.1) is 10.2 Å². The molecule has 2 aliphatic rings. The molecule has 0 radical (unpaired) electrons. The van der Waals surface area contributed by atoms with Crippen LogP contribution < -0.4 is 10.1 Å². The summed E-state index contributed by atoms with van der Waals surface area (Å²) in [6, 6.07) is 6.40. The highest BCUT2D eigenvalue weighted by atomic mass is 16.5. The molecule has 4 heterocycles. The van der Waals surface area contributed by atoms with Gasteiger partial charge in [-0.1, -0.05) is 0 Å². The summed E-state index contributed by atoms with van der Waals surface area (Å²) in [4.78, 5) is 8.34. The van der Waals surface area contributed by atoms with Crippen LogP contribution in [0.3, 0.4) is 0 Å². The van der Waals surface area contributed by atoms with E-state index >= 15 is 0 Å². The summed E-state index contributed by atoms with van der Waals surface area (Å²) in [7, 11) is 0. The predicted molar refractivity (Wildman–Crippen MR) is 97.6 cm³/mol. The van der Waals surface area contributed by atoms with Crippen molar-refractivity contribution in [2.24, 2.45) is 0 Å². The Bertz CT molecular complexity index is 916. The second-order valence-corrected chi connectivity index (χ2v) is 7.14. The van der Waals surface area contributed by atoms with Crippen molar-refractivity contribution >= 4 is 0 Å². The molecule has 1 aromatic carbocycles. The molecular weight excluding hydrogens is 344 g/mol. The molecule has 3 aromatic rings. The van der Waals surface area contributed by atoms with Crippen LogP contribution in [0.15, 0.2) is 43.1 Å². The number of nitrogens with zero attached hydrogens (tertiary/aromatic N) is 5. The molecule has 138 valence electrons. The minimum Gasteiger partial charge on any atom is -0.507 e. The number of aromatic nitrogens is 5. The van der Waals surface area contributed by atoms with E-state index in [-0.39, 0.29) is 11.9 Å². The number of aromatic hydroxyl groups is 1. The van der Waals surface area contributed by atoms with E-state index in [1.54, 1.807) is 30.9 Å². The van der Waals surface area contributed by atoms with E-state index in [0.29, 0.717) is 29.4 Å². The van der Waals surface area contributed by atoms with E-state index in [4.69, 9.17) is 4.74 Å². The maximum atomic E-state index is 10.4. The summed E-state index contributed by atoms with van der Waals surface area (Å²) in [6.07, 6.45) is 11.3. The molecule has 0 aliphatic carbocycles. The van der Waals surface area contributed by atoms with Crippen LogP contribution in [0.5, 0.6) is 11.6 Å². The second kappa shape index (κ2) is 6.62. The van der Waals surface area contributed by atoms with Crippen molar-refractivity contribution < 1.29 is 9.84 Å². The average molecular weight is 364 g/mol. The Labute approximate surface area is 156 Å². The van der Waals surface area contributed by atoms with Crippen LogP contribution in [0.2, 0.25) is 0 Å². The highest BCUT2D eigenvalue weighted by Crippen LogP contribution is 2.30. The number of phenolic OH excluding ortho intramolecular Hbond substituents is 1. The first-order valence-corrected chi connectivity index (χ1v) is 9.19. The molecule has 2 aromatic heterocycles. The minimum absolute atomic E-state index is 0.0894. The van der Waals surface area contributed by atoms with Gasteiger partial charge in [0, 0.05) is 30.5 Å². The Balaban J connectivity index is 1.31. The van der Waals surface area contributed by atoms with Crippen molar-refractivity contribution in [3.63, 3.8) is 0 Å². The lowest BCUT2D eigenvalue weighted by Gasteiger charge is -2.28. The molecule has 2 atom stereocenters. The van der Waals surface area contributed by atoms with Crippen LogP contribution in [0, 0.1) is 0 Å². The van der Waals surface area contributed by atoms with Crippen molar-refractivity contribution in [1.29, 1.82) is 0 Å². The summed E-state index contributed by atoms with van der Waals surface area (Å²) in [5.74, 6) is 0.883. The van der Waals surface area contributed by atoms with Gasteiger partial charge < -0.3 is 19.7 Å². The van der Waals surface area contributed by atoms with Gasteiger partial charge in [-0.05, 0) is 37.8 Å². The molecule has 2 unspecified atom stereocenters. The Morgan fingerprint density at radius 2 is 2.00 bits per heavy atom. The van der Waals surface area contributed by atoms with Crippen LogP contribution in [-0.4, -0.2) is 48.0 Å². The number of phenols is 1. The lowest BCUT2D eigenvalue weighted by molar-refractivity contribution is 0.130. The minimum atomic E-state index is 0.0894. The number of benzene rings is 1. The van der Waals surface area contributed by atoms with Gasteiger partial charge in [0.2, 0.25) is 0 Å². The van der Waals surface area contributed by atoms with Gasteiger partial charge in [0.1, 0.15) is 11.9 Å². The van der Waals surface area contributed by atoms with E-state index in [2.05, 4.69) is 25.5 Å². The molecule has 2 aliphatic heterocycles. The molecule has 8 heteroatoms. The molecule has 2 bridgehead atoms. The van der Waals surface area contributed by atoms with Crippen molar-refractivity contribution in [1.82, 2.24) is 30.0 Å². The second-order valence-electron chi connectivity index (χ2n) is 7.14. The number of fused-ring (bicyclic) bond motifs is 2. The van der Waals surface area contributed by atoms with Gasteiger partial charge in [0.25, 0.3) is 5.88 Å². The Kier molecular flexibility index (Phi) is 3.97. The number of piperidine rings is 1. The molecule has 2 N–H and O–H groups in total. The Morgan fingerprint density at radius 3 is 2.67 bits per heavy atom. The zero-order valence-electron chi connectivity index (χ0n) is 14.7. The van der Waals surface area contributed by atoms with Gasteiger partial charge in [0.05, 0.1) is 23.8 Å². The van der Waals surface area contributed by atoms with Crippen molar-refractivity contribution in [2.45, 2.75) is 43.9 Å². The fourth-order valence-electron chi connectivity index (χ4n) is 4.00. The zero-order valence-corrected chi connectivity index (χ0v) is 14.7. The van der Waals surface area contributed by atoms with Gasteiger partial charge in [0.15, 0.2) is 5.82 Å². The SMILES string of the molecule is Oc1cc(-n2ccnc2)ccc1-c1ncc(OC2CC3CCC(C2)N3)nn1. The standard InChI is InChI=1S/C19H20N6O2/c26-17-9-14(25-6-5-20-11-25)3-4-16(17)19-21-10-18(23-24-19)27-15-7-12-1-2-13(8-15)22-12/h3-6,9-13,15,22,26H,1-2,7-8H2. The molecule has 0 saturated carbocycles. The monoisotopic (exact) mass is 364 g/mol. The zero-order chi connectivity index (χ0) is 18.2. The highest BCUT2D eigenvalue weighted by molar-refractivity contribution is 5.65. The number of nitrogens with one attached hydrogen (secondary N) is 1. The number of ether oxygens (including phenoxy) is 1. The molecular formula is C19H20N6O2. The van der Waals surface area contributed by atoms with E-state index in [1.807, 2.05) is 16.8 Å². The largest absolute Gasteiger partial charge is 0.507 e. The maximum absolute atomic E-state index is 10.4. The maximum Gasteiger partial charge on any atom is 0.252 e. The number of imidazole rings is 1. The van der Waals surface area contributed by atoms with Gasteiger partial charge in [-0.3, -0.25) is 0 Å². The lowest BCUT2D eigenvalue weighted by Crippen LogP contribution is -2.42. The molecule has 8 nitrogen and oxygen atoms in total. The Hall–Kier alpha value is -3.00. The summed E-state index contributed by atoms with van der Waals surface area (Å²) < 4.78 is 7.79. The number of hydrogen-bond donors (Lipinski definition) is 2. The smallest absolute Gasteiger partial charge is 0.252 e. The van der Waals surface area contributed by atoms with Crippen LogP contribution in [0.4, 0.5) is 0 Å². The van der Waals surface area contributed by atoms with E-state index in [0.717, 1.165) is 18.5 Å². The molecule has 5 rings (SSSR count). The third kappa shape index (κ3) is 3.23. The topological polar surface area (TPSA) is 98.0 Å². The highest BCUT2D eigenvalue weighted by Gasteiger charge is 2.34. The van der Waals surface area contributed by atoms with Crippen molar-refractivity contribution in [3.8, 4) is 28.7 Å².